The number of hydrogen-bond donors (Lipinski definition) is 1. The molecule has 1 atom stereocenters. The van der Waals surface area contributed by atoms with Gasteiger partial charge in [0.2, 0.25) is 11.8 Å². The monoisotopic (exact) mass is 325 g/mol. The first kappa shape index (κ1) is 16.0. The van der Waals surface area contributed by atoms with E-state index < -0.39 is 5.92 Å². The summed E-state index contributed by atoms with van der Waals surface area (Å²) >= 11 is 0. The number of benzene rings is 1. The maximum absolute atomic E-state index is 12.4. The molecule has 6 nitrogen and oxygen atoms in total. The van der Waals surface area contributed by atoms with Crippen LogP contribution >= 0.6 is 0 Å². The zero-order valence-electron chi connectivity index (χ0n) is 13.7. The third-order valence-electron chi connectivity index (χ3n) is 4.03. The third kappa shape index (κ3) is 3.37. The van der Waals surface area contributed by atoms with Gasteiger partial charge in [-0.25, -0.2) is 4.98 Å². The Morgan fingerprint density at radius 3 is 2.92 bits per heavy atom. The SMILES string of the molecule is COc1cccc(N2C[C@H](C(=O)Nc3cc(C)ccn3)CC2=O)c1. The largest absolute Gasteiger partial charge is 0.497 e. The Hall–Kier alpha value is -2.89. The van der Waals surface area contributed by atoms with E-state index in [4.69, 9.17) is 4.74 Å². The average Bonchev–Trinajstić information content (AvgIpc) is 2.97. The number of aryl methyl sites for hydroxylation is 1. The zero-order valence-corrected chi connectivity index (χ0v) is 13.7. The van der Waals surface area contributed by atoms with E-state index in [1.807, 2.05) is 31.2 Å². The summed E-state index contributed by atoms with van der Waals surface area (Å²) in [6.07, 6.45) is 1.84. The van der Waals surface area contributed by atoms with Crippen LogP contribution in [0.1, 0.15) is 12.0 Å². The second-order valence-corrected chi connectivity index (χ2v) is 5.81. The lowest BCUT2D eigenvalue weighted by Crippen LogP contribution is -2.28. The highest BCUT2D eigenvalue weighted by atomic mass is 16.5. The van der Waals surface area contributed by atoms with Crippen molar-refractivity contribution in [3.8, 4) is 5.75 Å². The van der Waals surface area contributed by atoms with Gasteiger partial charge in [0, 0.05) is 30.9 Å². The first-order chi connectivity index (χ1) is 11.6. The number of amides is 2. The maximum Gasteiger partial charge on any atom is 0.230 e. The molecule has 1 aliphatic heterocycles. The van der Waals surface area contributed by atoms with Crippen molar-refractivity contribution in [2.45, 2.75) is 13.3 Å². The number of nitrogens with zero attached hydrogens (tertiary/aromatic N) is 2. The fourth-order valence-electron chi connectivity index (χ4n) is 2.74. The van der Waals surface area contributed by atoms with Crippen LogP contribution in [0.2, 0.25) is 0 Å². The number of pyridine rings is 1. The highest BCUT2D eigenvalue weighted by Crippen LogP contribution is 2.28. The molecule has 1 fully saturated rings. The lowest BCUT2D eigenvalue weighted by molar-refractivity contribution is -0.122. The lowest BCUT2D eigenvalue weighted by atomic mass is 10.1. The Bertz CT molecular complexity index is 776. The molecule has 3 rings (SSSR count). The second-order valence-electron chi connectivity index (χ2n) is 5.81. The molecule has 1 N–H and O–H groups in total. The maximum atomic E-state index is 12.4. The smallest absolute Gasteiger partial charge is 0.230 e. The number of hydrogen-bond acceptors (Lipinski definition) is 4. The first-order valence-corrected chi connectivity index (χ1v) is 7.75. The Labute approximate surface area is 140 Å². The molecule has 24 heavy (non-hydrogen) atoms. The van der Waals surface area contributed by atoms with Gasteiger partial charge in [0.25, 0.3) is 0 Å². The number of nitrogens with one attached hydrogen (secondary N) is 1. The predicted molar refractivity (Wildman–Crippen MR) is 91.1 cm³/mol. The van der Waals surface area contributed by atoms with Crippen LogP contribution in [-0.2, 0) is 9.59 Å². The summed E-state index contributed by atoms with van der Waals surface area (Å²) in [5.74, 6) is 0.530. The molecule has 2 amide bonds. The molecule has 0 radical (unpaired) electrons. The van der Waals surface area contributed by atoms with Gasteiger partial charge in [-0.1, -0.05) is 6.07 Å². The number of carbonyl (C=O) groups excluding carboxylic acids is 2. The number of anilines is 2. The predicted octanol–water partition coefficient (Wildman–Crippen LogP) is 2.39. The van der Waals surface area contributed by atoms with Crippen molar-refractivity contribution >= 4 is 23.3 Å². The van der Waals surface area contributed by atoms with E-state index in [1.165, 1.54) is 0 Å². The minimum Gasteiger partial charge on any atom is -0.497 e. The summed E-state index contributed by atoms with van der Waals surface area (Å²) in [4.78, 5) is 30.4. The molecule has 0 aliphatic carbocycles. The molecule has 0 bridgehead atoms. The van der Waals surface area contributed by atoms with E-state index >= 15 is 0 Å². The van der Waals surface area contributed by atoms with Gasteiger partial charge in [0.15, 0.2) is 0 Å². The molecular formula is C18H19N3O3. The molecule has 0 spiro atoms. The Morgan fingerprint density at radius 2 is 2.17 bits per heavy atom. The van der Waals surface area contributed by atoms with Gasteiger partial charge < -0.3 is 15.0 Å². The van der Waals surface area contributed by atoms with Crippen LogP contribution < -0.4 is 15.0 Å². The second kappa shape index (κ2) is 6.70. The number of ether oxygens (including phenoxy) is 1. The normalized spacial score (nSPS) is 17.0. The summed E-state index contributed by atoms with van der Waals surface area (Å²) in [5, 5.41) is 2.79. The van der Waals surface area contributed by atoms with Gasteiger partial charge >= 0.3 is 0 Å². The van der Waals surface area contributed by atoms with Gasteiger partial charge in [0.05, 0.1) is 13.0 Å². The fourth-order valence-corrected chi connectivity index (χ4v) is 2.74. The van der Waals surface area contributed by atoms with Gasteiger partial charge in [-0.05, 0) is 36.8 Å². The number of rotatable bonds is 4. The van der Waals surface area contributed by atoms with E-state index in [1.54, 1.807) is 30.3 Å². The van der Waals surface area contributed by atoms with Crippen LogP contribution in [0.15, 0.2) is 42.6 Å². The van der Waals surface area contributed by atoms with E-state index in [2.05, 4.69) is 10.3 Å². The highest BCUT2D eigenvalue weighted by molar-refractivity contribution is 6.03. The van der Waals surface area contributed by atoms with Gasteiger partial charge in [-0.2, -0.15) is 0 Å². The number of carbonyl (C=O) groups is 2. The summed E-state index contributed by atoms with van der Waals surface area (Å²) in [6, 6.07) is 10.9. The van der Waals surface area contributed by atoms with Crippen LogP contribution in [0, 0.1) is 12.8 Å². The standard InChI is InChI=1S/C18H19N3O3/c1-12-6-7-19-16(8-12)20-18(23)13-9-17(22)21(11-13)14-4-3-5-15(10-14)24-2/h3-8,10,13H,9,11H2,1-2H3,(H,19,20,23)/t13-/m1/s1. The Morgan fingerprint density at radius 1 is 1.33 bits per heavy atom. The van der Waals surface area contributed by atoms with Gasteiger partial charge in [-0.3, -0.25) is 9.59 Å². The molecule has 6 heteroatoms. The molecule has 0 unspecified atom stereocenters. The molecule has 1 aromatic heterocycles. The van der Waals surface area contributed by atoms with Crippen molar-refractivity contribution in [1.29, 1.82) is 0 Å². The summed E-state index contributed by atoms with van der Waals surface area (Å²) < 4.78 is 5.19. The third-order valence-corrected chi connectivity index (χ3v) is 4.03. The summed E-state index contributed by atoms with van der Waals surface area (Å²) in [5.41, 5.74) is 1.75. The molecule has 124 valence electrons. The summed E-state index contributed by atoms with van der Waals surface area (Å²) in [7, 11) is 1.58. The molecule has 1 aliphatic rings. The van der Waals surface area contributed by atoms with Crippen molar-refractivity contribution in [2.75, 3.05) is 23.9 Å². The molecule has 2 heterocycles. The Kier molecular flexibility index (Phi) is 4.46. The molecule has 1 saturated heterocycles. The van der Waals surface area contributed by atoms with Crippen LogP contribution in [0.25, 0.3) is 0 Å². The van der Waals surface area contributed by atoms with E-state index in [9.17, 15) is 9.59 Å². The molecule has 1 aromatic carbocycles. The van der Waals surface area contributed by atoms with Crippen LogP contribution in [0.5, 0.6) is 5.75 Å². The molecule has 2 aromatic rings. The minimum atomic E-state index is -0.397. The number of aromatic nitrogens is 1. The van der Waals surface area contributed by atoms with Crippen LogP contribution in [0.4, 0.5) is 11.5 Å². The van der Waals surface area contributed by atoms with Crippen LogP contribution in [-0.4, -0.2) is 30.5 Å². The molecular weight excluding hydrogens is 306 g/mol. The van der Waals surface area contributed by atoms with Crippen molar-refractivity contribution in [1.82, 2.24) is 4.98 Å². The van der Waals surface area contributed by atoms with E-state index in [0.29, 0.717) is 18.1 Å². The van der Waals surface area contributed by atoms with E-state index in [0.717, 1.165) is 11.3 Å². The van der Waals surface area contributed by atoms with Crippen molar-refractivity contribution < 1.29 is 14.3 Å². The zero-order chi connectivity index (χ0) is 17.1. The fraction of sp³-hybridized carbons (Fsp3) is 0.278. The lowest BCUT2D eigenvalue weighted by Gasteiger charge is -2.17. The van der Waals surface area contributed by atoms with Gasteiger partial charge in [0.1, 0.15) is 11.6 Å². The topological polar surface area (TPSA) is 71.5 Å². The van der Waals surface area contributed by atoms with Gasteiger partial charge in [-0.15, -0.1) is 0 Å². The van der Waals surface area contributed by atoms with E-state index in [-0.39, 0.29) is 18.2 Å². The van der Waals surface area contributed by atoms with Crippen molar-refractivity contribution in [3.63, 3.8) is 0 Å². The number of methoxy groups -OCH3 is 1. The van der Waals surface area contributed by atoms with Crippen molar-refractivity contribution in [2.24, 2.45) is 5.92 Å². The quantitative estimate of drug-likeness (QED) is 0.937. The Balaban J connectivity index is 1.70. The first-order valence-electron chi connectivity index (χ1n) is 7.75. The summed E-state index contributed by atoms with van der Waals surface area (Å²) in [6.45, 7) is 2.28. The molecule has 0 saturated carbocycles. The highest BCUT2D eigenvalue weighted by Gasteiger charge is 2.35. The van der Waals surface area contributed by atoms with Crippen molar-refractivity contribution in [3.05, 3.63) is 48.2 Å². The minimum absolute atomic E-state index is 0.0689. The van der Waals surface area contributed by atoms with Crippen LogP contribution in [0.3, 0.4) is 0 Å². The average molecular weight is 325 g/mol.